The quantitative estimate of drug-likeness (QED) is 0.398. The first-order valence-corrected chi connectivity index (χ1v) is 5.88. The molecule has 1 fully saturated rings. The molecular formula is C12H21NO4. The summed E-state index contributed by atoms with van der Waals surface area (Å²) in [5, 5.41) is 0. The van der Waals surface area contributed by atoms with Crippen molar-refractivity contribution in [3.63, 3.8) is 0 Å². The number of hydrogen-bond donors (Lipinski definition) is 0. The van der Waals surface area contributed by atoms with Crippen LogP contribution in [0.3, 0.4) is 0 Å². The van der Waals surface area contributed by atoms with Crippen molar-refractivity contribution in [3.05, 3.63) is 12.2 Å². The number of hydrogen-bond acceptors (Lipinski definition) is 5. The third kappa shape index (κ3) is 4.46. The van der Waals surface area contributed by atoms with Crippen molar-refractivity contribution in [1.29, 1.82) is 0 Å². The maximum atomic E-state index is 11.1. The van der Waals surface area contributed by atoms with Gasteiger partial charge in [-0.3, -0.25) is 4.90 Å². The van der Waals surface area contributed by atoms with Gasteiger partial charge in [0, 0.05) is 18.7 Å². The van der Waals surface area contributed by atoms with Crippen LogP contribution in [0, 0.1) is 0 Å². The first kappa shape index (κ1) is 14.2. The lowest BCUT2D eigenvalue weighted by Gasteiger charge is -2.20. The maximum Gasteiger partial charge on any atom is 0.333 e. The van der Waals surface area contributed by atoms with Crippen LogP contribution in [-0.4, -0.2) is 49.7 Å². The smallest absolute Gasteiger partial charge is 0.333 e. The molecule has 1 saturated heterocycles. The highest BCUT2D eigenvalue weighted by atomic mass is 16.7. The van der Waals surface area contributed by atoms with Gasteiger partial charge in [-0.05, 0) is 13.8 Å². The highest BCUT2D eigenvalue weighted by molar-refractivity contribution is 5.86. The predicted octanol–water partition coefficient (Wildman–Crippen LogP) is 1.15. The zero-order chi connectivity index (χ0) is 12.8. The summed E-state index contributed by atoms with van der Waals surface area (Å²) in [6, 6.07) is 0. The largest absolute Gasteiger partial charge is 0.460 e. The van der Waals surface area contributed by atoms with Crippen molar-refractivity contribution in [1.82, 2.24) is 4.90 Å². The number of ether oxygens (including phenoxy) is 3. The fourth-order valence-corrected chi connectivity index (χ4v) is 1.57. The Morgan fingerprint density at radius 2 is 2.24 bits per heavy atom. The Kier molecular flexibility index (Phi) is 5.61. The van der Waals surface area contributed by atoms with Gasteiger partial charge in [0.1, 0.15) is 6.61 Å². The topological polar surface area (TPSA) is 48.0 Å². The maximum absolute atomic E-state index is 11.1. The Morgan fingerprint density at radius 3 is 2.82 bits per heavy atom. The average Bonchev–Trinajstić information content (AvgIpc) is 2.64. The Balaban J connectivity index is 2.18. The summed E-state index contributed by atoms with van der Waals surface area (Å²) in [6.45, 7) is 11.5. The van der Waals surface area contributed by atoms with E-state index >= 15 is 0 Å². The fourth-order valence-electron chi connectivity index (χ4n) is 1.57. The number of likely N-dealkylation sites (N-methyl/N-ethyl adjacent to an activating group) is 1. The van der Waals surface area contributed by atoms with Crippen LogP contribution in [0.2, 0.25) is 0 Å². The molecule has 5 nitrogen and oxygen atoms in total. The fraction of sp³-hybridized carbons (Fsp3) is 0.750. The molecular weight excluding hydrogens is 222 g/mol. The molecule has 5 heteroatoms. The van der Waals surface area contributed by atoms with E-state index in [0.717, 1.165) is 13.1 Å². The summed E-state index contributed by atoms with van der Waals surface area (Å²) < 4.78 is 16.0. The van der Waals surface area contributed by atoms with Crippen LogP contribution in [0.4, 0.5) is 0 Å². The van der Waals surface area contributed by atoms with E-state index in [1.807, 2.05) is 6.92 Å². The van der Waals surface area contributed by atoms with Gasteiger partial charge >= 0.3 is 5.97 Å². The summed E-state index contributed by atoms with van der Waals surface area (Å²) >= 11 is 0. The molecule has 0 aromatic rings. The minimum absolute atomic E-state index is 0.179. The summed E-state index contributed by atoms with van der Waals surface area (Å²) in [5.41, 5.74) is 0.394. The summed E-state index contributed by atoms with van der Waals surface area (Å²) in [7, 11) is 0. The molecule has 1 aliphatic heterocycles. The standard InChI is InChI=1S/C12H21NO4/c1-5-13-8-10(4)17-12(13)16-7-6-15-11(14)9(2)3/h10,12H,2,5-8H2,1,3-4H3. The molecule has 1 aliphatic rings. The second-order valence-electron chi connectivity index (χ2n) is 4.13. The van der Waals surface area contributed by atoms with Gasteiger partial charge in [-0.1, -0.05) is 13.5 Å². The van der Waals surface area contributed by atoms with E-state index in [-0.39, 0.29) is 25.1 Å². The summed E-state index contributed by atoms with van der Waals surface area (Å²) in [5.74, 6) is -0.387. The molecule has 1 heterocycles. The number of carbonyl (C=O) groups is 1. The average molecular weight is 243 g/mol. The third-order valence-corrected chi connectivity index (χ3v) is 2.47. The van der Waals surface area contributed by atoms with Gasteiger partial charge in [0.2, 0.25) is 6.41 Å². The highest BCUT2D eigenvalue weighted by Crippen LogP contribution is 2.16. The zero-order valence-electron chi connectivity index (χ0n) is 10.8. The SMILES string of the molecule is C=C(C)C(=O)OCCOC1OC(C)CN1CC. The lowest BCUT2D eigenvalue weighted by Crippen LogP contribution is -2.33. The van der Waals surface area contributed by atoms with Crippen molar-refractivity contribution < 1.29 is 19.0 Å². The molecule has 0 amide bonds. The summed E-state index contributed by atoms with van der Waals surface area (Å²) in [4.78, 5) is 13.2. The Labute approximate surface area is 102 Å². The normalized spacial score (nSPS) is 24.9. The molecule has 2 unspecified atom stereocenters. The van der Waals surface area contributed by atoms with Crippen molar-refractivity contribution in [2.45, 2.75) is 33.3 Å². The second kappa shape index (κ2) is 6.74. The van der Waals surface area contributed by atoms with E-state index in [1.54, 1.807) is 6.92 Å². The van der Waals surface area contributed by atoms with Gasteiger partial charge in [0.05, 0.1) is 12.7 Å². The molecule has 0 aliphatic carbocycles. The summed E-state index contributed by atoms with van der Waals surface area (Å²) in [6.07, 6.45) is -0.142. The van der Waals surface area contributed by atoms with Crippen LogP contribution in [0.5, 0.6) is 0 Å². The molecule has 0 saturated carbocycles. The molecule has 17 heavy (non-hydrogen) atoms. The van der Waals surface area contributed by atoms with E-state index in [4.69, 9.17) is 14.2 Å². The molecule has 1 rings (SSSR count). The first-order chi connectivity index (χ1) is 8.04. The van der Waals surface area contributed by atoms with Crippen LogP contribution in [0.15, 0.2) is 12.2 Å². The van der Waals surface area contributed by atoms with Crippen molar-refractivity contribution in [2.75, 3.05) is 26.3 Å². The van der Waals surface area contributed by atoms with Gasteiger partial charge in [-0.15, -0.1) is 0 Å². The lowest BCUT2D eigenvalue weighted by molar-refractivity contribution is -0.191. The number of carbonyl (C=O) groups excluding carboxylic acids is 1. The van der Waals surface area contributed by atoms with Crippen LogP contribution >= 0.6 is 0 Å². The van der Waals surface area contributed by atoms with Crippen LogP contribution in [0.1, 0.15) is 20.8 Å². The minimum atomic E-state index is -0.387. The molecule has 2 atom stereocenters. The van der Waals surface area contributed by atoms with E-state index < -0.39 is 0 Å². The Bertz CT molecular complexity index is 280. The second-order valence-corrected chi connectivity index (χ2v) is 4.13. The van der Waals surface area contributed by atoms with E-state index in [1.165, 1.54) is 0 Å². The Hall–Kier alpha value is -0.910. The third-order valence-electron chi connectivity index (χ3n) is 2.47. The molecule has 0 spiro atoms. The van der Waals surface area contributed by atoms with E-state index in [0.29, 0.717) is 12.2 Å². The number of nitrogens with zero attached hydrogens (tertiary/aromatic N) is 1. The van der Waals surface area contributed by atoms with E-state index in [9.17, 15) is 4.79 Å². The van der Waals surface area contributed by atoms with Gasteiger partial charge in [0.15, 0.2) is 0 Å². The Morgan fingerprint density at radius 1 is 1.53 bits per heavy atom. The number of esters is 1. The molecule has 0 radical (unpaired) electrons. The minimum Gasteiger partial charge on any atom is -0.460 e. The zero-order valence-corrected chi connectivity index (χ0v) is 10.8. The van der Waals surface area contributed by atoms with Crippen LogP contribution < -0.4 is 0 Å². The lowest BCUT2D eigenvalue weighted by atomic mass is 10.4. The molecule has 0 N–H and O–H groups in total. The van der Waals surface area contributed by atoms with Gasteiger partial charge < -0.3 is 14.2 Å². The van der Waals surface area contributed by atoms with Crippen molar-refractivity contribution >= 4 is 5.97 Å². The monoisotopic (exact) mass is 243 g/mol. The highest BCUT2D eigenvalue weighted by Gasteiger charge is 2.29. The molecule has 0 aromatic carbocycles. The van der Waals surface area contributed by atoms with Crippen molar-refractivity contribution in [3.8, 4) is 0 Å². The molecule has 0 bridgehead atoms. The van der Waals surface area contributed by atoms with Crippen LogP contribution in [0.25, 0.3) is 0 Å². The van der Waals surface area contributed by atoms with Gasteiger partial charge in [-0.2, -0.15) is 0 Å². The molecule has 98 valence electrons. The predicted molar refractivity (Wildman–Crippen MR) is 63.3 cm³/mol. The molecule has 0 aromatic heterocycles. The van der Waals surface area contributed by atoms with Gasteiger partial charge in [-0.25, -0.2) is 4.79 Å². The van der Waals surface area contributed by atoms with E-state index in [2.05, 4.69) is 18.4 Å². The van der Waals surface area contributed by atoms with Crippen molar-refractivity contribution in [2.24, 2.45) is 0 Å². The first-order valence-electron chi connectivity index (χ1n) is 5.88. The van der Waals surface area contributed by atoms with Gasteiger partial charge in [0.25, 0.3) is 0 Å². The van der Waals surface area contributed by atoms with Crippen LogP contribution in [-0.2, 0) is 19.0 Å². The number of rotatable bonds is 6.